The Labute approximate surface area is 157 Å². The van der Waals surface area contributed by atoms with Crippen LogP contribution in [0, 0.1) is 5.82 Å². The second-order valence-electron chi connectivity index (χ2n) is 6.91. The van der Waals surface area contributed by atoms with Crippen molar-refractivity contribution >= 4 is 17.1 Å². The summed E-state index contributed by atoms with van der Waals surface area (Å²) in [7, 11) is 1.86. The third-order valence-electron chi connectivity index (χ3n) is 5.12. The highest BCUT2D eigenvalue weighted by Crippen LogP contribution is 2.26. The molecule has 1 unspecified atom stereocenters. The van der Waals surface area contributed by atoms with Gasteiger partial charge < -0.3 is 9.88 Å². The Morgan fingerprint density at radius 2 is 2.04 bits per heavy atom. The highest BCUT2D eigenvalue weighted by atomic mass is 19.1. The summed E-state index contributed by atoms with van der Waals surface area (Å²) in [5.74, 6) is -0.462. The molecule has 0 aliphatic carbocycles. The van der Waals surface area contributed by atoms with E-state index in [1.165, 1.54) is 6.07 Å². The van der Waals surface area contributed by atoms with Gasteiger partial charge in [0.05, 0.1) is 17.9 Å². The second-order valence-corrected chi connectivity index (χ2v) is 6.91. The summed E-state index contributed by atoms with van der Waals surface area (Å²) in [4.78, 5) is 23.4. The maximum atomic E-state index is 14.4. The van der Waals surface area contributed by atoms with E-state index in [4.69, 9.17) is 0 Å². The summed E-state index contributed by atoms with van der Waals surface area (Å²) >= 11 is 0. The molecule has 6 nitrogen and oxygen atoms in total. The fourth-order valence-corrected chi connectivity index (χ4v) is 3.67. The minimum Gasteiger partial charge on any atom is -0.350 e. The van der Waals surface area contributed by atoms with Crippen molar-refractivity contribution < 1.29 is 9.18 Å². The Kier molecular flexibility index (Phi) is 4.85. The number of amides is 1. The lowest BCUT2D eigenvalue weighted by Gasteiger charge is -2.28. The molecule has 1 aliphatic heterocycles. The Morgan fingerprint density at radius 3 is 2.81 bits per heavy atom. The molecule has 7 heteroatoms. The fourth-order valence-electron chi connectivity index (χ4n) is 3.67. The molecule has 0 bridgehead atoms. The summed E-state index contributed by atoms with van der Waals surface area (Å²) in [6.45, 7) is 2.17. The quantitative estimate of drug-likeness (QED) is 0.753. The molecular weight excluding hydrogens is 345 g/mol. The molecule has 3 aromatic rings. The van der Waals surface area contributed by atoms with Crippen molar-refractivity contribution in [2.24, 2.45) is 7.05 Å². The highest BCUT2D eigenvalue weighted by molar-refractivity contribution is 5.96. The smallest absolute Gasteiger partial charge is 0.252 e. The van der Waals surface area contributed by atoms with Crippen LogP contribution in [-0.4, -0.2) is 45.0 Å². The Morgan fingerprint density at radius 1 is 1.26 bits per heavy atom. The summed E-state index contributed by atoms with van der Waals surface area (Å²) in [5, 5.41) is 2.95. The number of carbonyl (C=O) groups excluding carboxylic acids is 1. The normalized spacial score (nSPS) is 15.9. The van der Waals surface area contributed by atoms with E-state index in [9.17, 15) is 9.18 Å². The molecule has 27 heavy (non-hydrogen) atoms. The molecule has 0 saturated carbocycles. The van der Waals surface area contributed by atoms with E-state index in [1.54, 1.807) is 35.3 Å². The molecule has 0 radical (unpaired) electrons. The maximum absolute atomic E-state index is 14.4. The van der Waals surface area contributed by atoms with Crippen LogP contribution in [0.1, 0.15) is 34.8 Å². The van der Waals surface area contributed by atoms with Gasteiger partial charge in [-0.2, -0.15) is 0 Å². The monoisotopic (exact) mass is 367 g/mol. The van der Waals surface area contributed by atoms with Gasteiger partial charge in [-0.05, 0) is 38.1 Å². The Bertz CT molecular complexity index is 964. The van der Waals surface area contributed by atoms with Crippen molar-refractivity contribution in [3.8, 4) is 0 Å². The first-order chi connectivity index (χ1) is 13.1. The molecule has 1 fully saturated rings. The number of aryl methyl sites for hydroxylation is 1. The summed E-state index contributed by atoms with van der Waals surface area (Å²) in [6, 6.07) is 8.34. The van der Waals surface area contributed by atoms with Crippen LogP contribution in [0.3, 0.4) is 0 Å². The van der Waals surface area contributed by atoms with E-state index >= 15 is 0 Å². The van der Waals surface area contributed by atoms with Crippen LogP contribution in [-0.2, 0) is 7.05 Å². The molecule has 1 atom stereocenters. The second kappa shape index (κ2) is 7.44. The lowest BCUT2D eigenvalue weighted by Crippen LogP contribution is -2.37. The summed E-state index contributed by atoms with van der Waals surface area (Å²) in [5.41, 5.74) is 2.48. The van der Waals surface area contributed by atoms with Crippen LogP contribution in [0.4, 0.5) is 4.39 Å². The number of nitrogens with one attached hydrogen (secondary N) is 1. The van der Waals surface area contributed by atoms with E-state index in [1.807, 2.05) is 13.1 Å². The molecule has 4 rings (SSSR count). The van der Waals surface area contributed by atoms with Crippen molar-refractivity contribution in [1.82, 2.24) is 24.8 Å². The van der Waals surface area contributed by atoms with Gasteiger partial charge in [0.25, 0.3) is 5.91 Å². The van der Waals surface area contributed by atoms with Crippen LogP contribution in [0.25, 0.3) is 11.2 Å². The van der Waals surface area contributed by atoms with Gasteiger partial charge in [-0.25, -0.2) is 14.4 Å². The average molecular weight is 367 g/mol. The minimum atomic E-state index is -0.236. The van der Waals surface area contributed by atoms with Gasteiger partial charge in [0, 0.05) is 25.4 Å². The van der Waals surface area contributed by atoms with Gasteiger partial charge in [-0.15, -0.1) is 0 Å². The van der Waals surface area contributed by atoms with Crippen LogP contribution < -0.4 is 5.32 Å². The predicted octanol–water partition coefficient (Wildman–Crippen LogP) is 2.67. The number of hydrogen-bond acceptors (Lipinski definition) is 4. The first-order valence-corrected chi connectivity index (χ1v) is 9.17. The van der Waals surface area contributed by atoms with Gasteiger partial charge in [0.15, 0.2) is 5.65 Å². The SMILES string of the molecule is Cn1cnc2cc(C(=O)NCC(c3ccccc3F)N3CCCC3)cnc21. The number of rotatable bonds is 5. The largest absolute Gasteiger partial charge is 0.350 e. The fraction of sp³-hybridized carbons (Fsp3) is 0.350. The zero-order valence-corrected chi connectivity index (χ0v) is 15.2. The lowest BCUT2D eigenvalue weighted by atomic mass is 10.0. The first kappa shape index (κ1) is 17.6. The molecule has 140 valence electrons. The van der Waals surface area contributed by atoms with Gasteiger partial charge in [-0.1, -0.05) is 18.2 Å². The van der Waals surface area contributed by atoms with Gasteiger partial charge >= 0.3 is 0 Å². The third kappa shape index (κ3) is 3.55. The zero-order valence-electron chi connectivity index (χ0n) is 15.2. The number of nitrogens with zero attached hydrogens (tertiary/aromatic N) is 4. The topological polar surface area (TPSA) is 63.1 Å². The van der Waals surface area contributed by atoms with E-state index in [2.05, 4.69) is 20.2 Å². The van der Waals surface area contributed by atoms with Crippen molar-refractivity contribution in [2.75, 3.05) is 19.6 Å². The van der Waals surface area contributed by atoms with Crippen molar-refractivity contribution in [3.05, 3.63) is 59.8 Å². The minimum absolute atomic E-state index is 0.177. The third-order valence-corrected chi connectivity index (χ3v) is 5.12. The van der Waals surface area contributed by atoms with Crippen LogP contribution in [0.15, 0.2) is 42.9 Å². The predicted molar refractivity (Wildman–Crippen MR) is 101 cm³/mol. The van der Waals surface area contributed by atoms with Crippen LogP contribution in [0.5, 0.6) is 0 Å². The van der Waals surface area contributed by atoms with E-state index < -0.39 is 0 Å². The zero-order chi connectivity index (χ0) is 18.8. The standard InChI is InChI=1S/C20H22FN5O/c1-25-13-24-17-10-14(11-22-19(17)25)20(27)23-12-18(26-8-4-5-9-26)15-6-2-3-7-16(15)21/h2-3,6-7,10-11,13,18H,4-5,8-9,12H2,1H3,(H,23,27). The molecule has 1 N–H and O–H groups in total. The number of hydrogen-bond donors (Lipinski definition) is 1. The van der Waals surface area contributed by atoms with E-state index in [0.29, 0.717) is 23.2 Å². The van der Waals surface area contributed by atoms with Crippen molar-refractivity contribution in [2.45, 2.75) is 18.9 Å². The van der Waals surface area contributed by atoms with Gasteiger partial charge in [0.1, 0.15) is 11.3 Å². The first-order valence-electron chi connectivity index (χ1n) is 9.17. The molecule has 1 aromatic carbocycles. The van der Waals surface area contributed by atoms with Gasteiger partial charge in [0.2, 0.25) is 0 Å². The van der Waals surface area contributed by atoms with E-state index in [0.717, 1.165) is 31.6 Å². The Balaban J connectivity index is 1.52. The van der Waals surface area contributed by atoms with Crippen molar-refractivity contribution in [1.29, 1.82) is 0 Å². The number of aromatic nitrogens is 3. The maximum Gasteiger partial charge on any atom is 0.252 e. The van der Waals surface area contributed by atoms with E-state index in [-0.39, 0.29) is 17.8 Å². The molecule has 2 aromatic heterocycles. The van der Waals surface area contributed by atoms with Crippen LogP contribution >= 0.6 is 0 Å². The molecule has 3 heterocycles. The number of pyridine rings is 1. The molecule has 0 spiro atoms. The molecule has 1 amide bonds. The lowest BCUT2D eigenvalue weighted by molar-refractivity contribution is 0.0937. The Hall–Kier alpha value is -2.80. The average Bonchev–Trinajstić information content (AvgIpc) is 3.33. The molecular formula is C20H22FN5O. The molecule has 1 aliphatic rings. The summed E-state index contributed by atoms with van der Waals surface area (Å²) < 4.78 is 16.2. The van der Waals surface area contributed by atoms with Gasteiger partial charge in [-0.3, -0.25) is 9.69 Å². The molecule has 1 saturated heterocycles. The highest BCUT2D eigenvalue weighted by Gasteiger charge is 2.26. The number of fused-ring (bicyclic) bond motifs is 1. The number of imidazole rings is 1. The number of carbonyl (C=O) groups is 1. The number of likely N-dealkylation sites (tertiary alicyclic amines) is 1. The summed E-state index contributed by atoms with van der Waals surface area (Å²) in [6.07, 6.45) is 5.41. The van der Waals surface area contributed by atoms with Crippen molar-refractivity contribution in [3.63, 3.8) is 0 Å². The van der Waals surface area contributed by atoms with Crippen LogP contribution in [0.2, 0.25) is 0 Å². The number of benzene rings is 1. The number of halogens is 1.